The molecule has 0 spiro atoms. The molecule has 2 amide bonds. The first-order valence-corrected chi connectivity index (χ1v) is 6.36. The Morgan fingerprint density at radius 3 is 1.78 bits per heavy atom. The van der Waals surface area contributed by atoms with Crippen molar-refractivity contribution in [1.29, 1.82) is 0 Å². The predicted molar refractivity (Wildman–Crippen MR) is 68.4 cm³/mol. The van der Waals surface area contributed by atoms with Crippen molar-refractivity contribution in [3.63, 3.8) is 0 Å². The average Bonchev–Trinajstić information content (AvgIpc) is 3.06. The van der Waals surface area contributed by atoms with Crippen molar-refractivity contribution in [3.05, 3.63) is 35.4 Å². The maximum Gasteiger partial charge on any atom is 0.262 e. The molecule has 0 radical (unpaired) electrons. The van der Waals surface area contributed by atoms with E-state index in [0.717, 1.165) is 12.8 Å². The van der Waals surface area contributed by atoms with Crippen LogP contribution in [0.4, 0.5) is 0 Å². The number of nitrogens with zero attached hydrogens (tertiary/aromatic N) is 1. The van der Waals surface area contributed by atoms with Gasteiger partial charge in [0.1, 0.15) is 0 Å². The van der Waals surface area contributed by atoms with Crippen LogP contribution < -0.4 is 0 Å². The third kappa shape index (κ3) is 1.25. The number of benzene rings is 1. The van der Waals surface area contributed by atoms with Crippen molar-refractivity contribution in [2.45, 2.75) is 39.2 Å². The molecule has 1 saturated carbocycles. The van der Waals surface area contributed by atoms with E-state index in [4.69, 9.17) is 0 Å². The highest BCUT2D eigenvalue weighted by Crippen LogP contribution is 2.56. The van der Waals surface area contributed by atoms with Crippen molar-refractivity contribution in [3.8, 4) is 0 Å². The summed E-state index contributed by atoms with van der Waals surface area (Å²) in [6.07, 6.45) is 1.84. The minimum absolute atomic E-state index is 0.0691. The summed E-state index contributed by atoms with van der Waals surface area (Å²) in [7, 11) is 0. The molecule has 3 heteroatoms. The Hall–Kier alpha value is -1.64. The Morgan fingerprint density at radius 1 is 1.00 bits per heavy atom. The van der Waals surface area contributed by atoms with Crippen LogP contribution in [0.15, 0.2) is 24.3 Å². The Bertz CT molecular complexity index is 515. The summed E-state index contributed by atoms with van der Waals surface area (Å²) in [5, 5.41) is 0. The Labute approximate surface area is 107 Å². The van der Waals surface area contributed by atoms with Crippen LogP contribution in [0.3, 0.4) is 0 Å². The van der Waals surface area contributed by atoms with Crippen molar-refractivity contribution < 1.29 is 9.59 Å². The Kier molecular flexibility index (Phi) is 2.05. The lowest BCUT2D eigenvalue weighted by molar-refractivity contribution is 0.0403. The molecule has 2 aliphatic rings. The summed E-state index contributed by atoms with van der Waals surface area (Å²) in [5.41, 5.74) is 0.761. The van der Waals surface area contributed by atoms with Gasteiger partial charge in [0.2, 0.25) is 0 Å². The molecule has 0 aromatic heterocycles. The molecule has 0 bridgehead atoms. The molecular formula is C15H17NO2. The van der Waals surface area contributed by atoms with Crippen LogP contribution in [0, 0.1) is 5.41 Å². The monoisotopic (exact) mass is 243 g/mol. The second-order valence-corrected chi connectivity index (χ2v) is 6.27. The van der Waals surface area contributed by atoms with Gasteiger partial charge in [-0.15, -0.1) is 0 Å². The number of fused-ring (bicyclic) bond motifs is 1. The van der Waals surface area contributed by atoms with E-state index in [1.54, 1.807) is 12.1 Å². The van der Waals surface area contributed by atoms with Crippen LogP contribution in [0.2, 0.25) is 0 Å². The first-order valence-electron chi connectivity index (χ1n) is 6.36. The fourth-order valence-corrected chi connectivity index (χ4v) is 3.01. The van der Waals surface area contributed by atoms with E-state index in [9.17, 15) is 9.59 Å². The van der Waals surface area contributed by atoms with Crippen LogP contribution in [0.25, 0.3) is 0 Å². The van der Waals surface area contributed by atoms with Crippen LogP contribution in [-0.4, -0.2) is 22.3 Å². The largest absolute Gasteiger partial charge is 0.269 e. The average molecular weight is 243 g/mol. The van der Waals surface area contributed by atoms with E-state index in [2.05, 4.69) is 20.8 Å². The first kappa shape index (κ1) is 11.5. The minimum Gasteiger partial charge on any atom is -0.269 e. The van der Waals surface area contributed by atoms with Crippen molar-refractivity contribution in [2.75, 3.05) is 0 Å². The maximum atomic E-state index is 12.4. The van der Waals surface area contributed by atoms with E-state index in [1.165, 1.54) is 4.90 Å². The van der Waals surface area contributed by atoms with E-state index in [1.807, 2.05) is 12.1 Å². The molecule has 18 heavy (non-hydrogen) atoms. The van der Waals surface area contributed by atoms with E-state index in [-0.39, 0.29) is 22.8 Å². The Balaban J connectivity index is 2.09. The summed E-state index contributed by atoms with van der Waals surface area (Å²) in [4.78, 5) is 26.4. The van der Waals surface area contributed by atoms with Crippen LogP contribution in [0.1, 0.15) is 54.3 Å². The van der Waals surface area contributed by atoms with Crippen molar-refractivity contribution >= 4 is 11.8 Å². The van der Waals surface area contributed by atoms with Gasteiger partial charge in [0.15, 0.2) is 0 Å². The highest BCUT2D eigenvalue weighted by atomic mass is 16.2. The third-order valence-electron chi connectivity index (χ3n) is 4.34. The topological polar surface area (TPSA) is 37.4 Å². The van der Waals surface area contributed by atoms with Crippen LogP contribution >= 0.6 is 0 Å². The molecular weight excluding hydrogens is 226 g/mol. The van der Waals surface area contributed by atoms with Gasteiger partial charge in [-0.2, -0.15) is 0 Å². The van der Waals surface area contributed by atoms with Gasteiger partial charge in [-0.3, -0.25) is 14.5 Å². The molecule has 1 aliphatic carbocycles. The van der Waals surface area contributed by atoms with Crippen LogP contribution in [-0.2, 0) is 0 Å². The third-order valence-corrected chi connectivity index (χ3v) is 4.34. The summed E-state index contributed by atoms with van der Waals surface area (Å²) in [6.45, 7) is 6.30. The predicted octanol–water partition coefficient (Wildman–Crippen LogP) is 2.86. The normalized spacial score (nSPS) is 21.2. The lowest BCUT2D eigenvalue weighted by Crippen LogP contribution is -2.49. The molecule has 0 unspecified atom stereocenters. The quantitative estimate of drug-likeness (QED) is 0.711. The zero-order valence-electron chi connectivity index (χ0n) is 11.0. The van der Waals surface area contributed by atoms with E-state index < -0.39 is 0 Å². The number of hydrogen-bond acceptors (Lipinski definition) is 2. The molecule has 3 nitrogen and oxygen atoms in total. The maximum absolute atomic E-state index is 12.4. The summed E-state index contributed by atoms with van der Waals surface area (Å²) < 4.78 is 0. The standard InChI is InChI=1S/C15H17NO2/c1-14(2,3)15(8-9-15)16-12(17)10-6-4-5-7-11(10)13(16)18/h4-7H,8-9H2,1-3H3. The van der Waals surface area contributed by atoms with Gasteiger partial charge in [-0.25, -0.2) is 0 Å². The molecule has 1 heterocycles. The zero-order chi connectivity index (χ0) is 13.1. The van der Waals surface area contributed by atoms with Gasteiger partial charge >= 0.3 is 0 Å². The molecule has 1 fully saturated rings. The second-order valence-electron chi connectivity index (χ2n) is 6.27. The summed E-state index contributed by atoms with van der Waals surface area (Å²) in [6, 6.07) is 7.11. The second kappa shape index (κ2) is 3.22. The molecule has 1 aliphatic heterocycles. The number of hydrogen-bond donors (Lipinski definition) is 0. The van der Waals surface area contributed by atoms with Gasteiger partial charge in [-0.1, -0.05) is 32.9 Å². The zero-order valence-corrected chi connectivity index (χ0v) is 11.0. The molecule has 0 saturated heterocycles. The highest BCUT2D eigenvalue weighted by molar-refractivity contribution is 6.22. The lowest BCUT2D eigenvalue weighted by atomic mass is 9.83. The number of imide groups is 1. The van der Waals surface area contributed by atoms with Crippen LogP contribution in [0.5, 0.6) is 0 Å². The smallest absolute Gasteiger partial charge is 0.262 e. The molecule has 94 valence electrons. The number of amides is 2. The van der Waals surface area contributed by atoms with Gasteiger partial charge in [-0.05, 0) is 30.4 Å². The summed E-state index contributed by atoms with van der Waals surface area (Å²) in [5.74, 6) is -0.244. The fourth-order valence-electron chi connectivity index (χ4n) is 3.01. The first-order chi connectivity index (χ1) is 8.38. The molecule has 0 N–H and O–H groups in total. The molecule has 0 atom stereocenters. The fraction of sp³-hybridized carbons (Fsp3) is 0.467. The molecule has 1 aromatic carbocycles. The molecule has 1 aromatic rings. The van der Waals surface area contributed by atoms with Crippen molar-refractivity contribution in [2.24, 2.45) is 5.41 Å². The summed E-state index contributed by atoms with van der Waals surface area (Å²) >= 11 is 0. The van der Waals surface area contributed by atoms with E-state index >= 15 is 0 Å². The number of rotatable bonds is 1. The SMILES string of the molecule is CC(C)(C)C1(N2C(=O)c3ccccc3C2=O)CC1. The highest BCUT2D eigenvalue weighted by Gasteiger charge is 2.61. The Morgan fingerprint density at radius 2 is 1.44 bits per heavy atom. The van der Waals surface area contributed by atoms with Crippen molar-refractivity contribution in [1.82, 2.24) is 4.90 Å². The van der Waals surface area contributed by atoms with Gasteiger partial charge < -0.3 is 0 Å². The van der Waals surface area contributed by atoms with Gasteiger partial charge in [0.25, 0.3) is 11.8 Å². The molecule has 3 rings (SSSR count). The number of carbonyl (C=O) groups excluding carboxylic acids is 2. The van der Waals surface area contributed by atoms with Gasteiger partial charge in [0.05, 0.1) is 16.7 Å². The lowest BCUT2D eigenvalue weighted by Gasteiger charge is -2.37. The number of carbonyl (C=O) groups is 2. The van der Waals surface area contributed by atoms with Gasteiger partial charge in [0, 0.05) is 0 Å². The minimum atomic E-state index is -0.278. The van der Waals surface area contributed by atoms with E-state index in [0.29, 0.717) is 11.1 Å².